The van der Waals surface area contributed by atoms with Crippen molar-refractivity contribution in [1.29, 1.82) is 0 Å². The van der Waals surface area contributed by atoms with Gasteiger partial charge < -0.3 is 9.30 Å². The Kier molecular flexibility index (Phi) is 3.37. The van der Waals surface area contributed by atoms with E-state index in [2.05, 4.69) is 10.2 Å². The molecule has 2 heterocycles. The molecule has 4 nitrogen and oxygen atoms in total. The predicted molar refractivity (Wildman–Crippen MR) is 53.1 cm³/mol. The molecule has 0 aromatic carbocycles. The van der Waals surface area contributed by atoms with E-state index in [9.17, 15) is 0 Å². The van der Waals surface area contributed by atoms with E-state index < -0.39 is 0 Å². The molecule has 0 saturated carbocycles. The molecule has 5 heteroatoms. The van der Waals surface area contributed by atoms with E-state index in [1.807, 2.05) is 4.57 Å². The normalized spacial score (nSPS) is 22.5. The van der Waals surface area contributed by atoms with Crippen LogP contribution in [0.1, 0.15) is 18.7 Å². The van der Waals surface area contributed by atoms with Gasteiger partial charge in [0.15, 0.2) is 0 Å². The number of nitrogens with zero attached hydrogens (tertiary/aromatic N) is 3. The third-order valence-corrected chi connectivity index (χ3v) is 2.76. The average molecular weight is 216 g/mol. The fraction of sp³-hybridized carbons (Fsp3) is 0.778. The summed E-state index contributed by atoms with van der Waals surface area (Å²) in [5, 5.41) is 7.79. The summed E-state index contributed by atoms with van der Waals surface area (Å²) in [6.07, 6.45) is 4.12. The van der Waals surface area contributed by atoms with Gasteiger partial charge in [-0.2, -0.15) is 0 Å². The fourth-order valence-corrected chi connectivity index (χ4v) is 1.97. The van der Waals surface area contributed by atoms with E-state index in [0.29, 0.717) is 11.8 Å². The Morgan fingerprint density at radius 3 is 3.29 bits per heavy atom. The minimum Gasteiger partial charge on any atom is -0.381 e. The first-order valence-electron chi connectivity index (χ1n) is 4.90. The molecule has 1 aliphatic rings. The molecule has 1 fully saturated rings. The quantitative estimate of drug-likeness (QED) is 0.717. The Morgan fingerprint density at radius 2 is 2.57 bits per heavy atom. The van der Waals surface area contributed by atoms with Crippen LogP contribution in [0.3, 0.4) is 0 Å². The molecular weight excluding hydrogens is 202 g/mol. The third kappa shape index (κ3) is 2.25. The predicted octanol–water partition coefficient (Wildman–Crippen LogP) is 1.44. The van der Waals surface area contributed by atoms with Crippen LogP contribution in [-0.2, 0) is 17.2 Å². The second kappa shape index (κ2) is 4.75. The maximum atomic E-state index is 5.74. The number of halogens is 1. The van der Waals surface area contributed by atoms with E-state index in [-0.39, 0.29) is 0 Å². The van der Waals surface area contributed by atoms with Gasteiger partial charge in [-0.1, -0.05) is 0 Å². The van der Waals surface area contributed by atoms with Crippen molar-refractivity contribution >= 4 is 11.6 Å². The molecule has 1 saturated heterocycles. The number of ether oxygens (including phenoxy) is 1. The largest absolute Gasteiger partial charge is 0.381 e. The molecular formula is C9H14ClN3O. The van der Waals surface area contributed by atoms with Gasteiger partial charge in [0.25, 0.3) is 0 Å². The SMILES string of the molecule is ClCc1nncn1CC1CCCOC1. The van der Waals surface area contributed by atoms with Crippen LogP contribution >= 0.6 is 11.6 Å². The smallest absolute Gasteiger partial charge is 0.147 e. The summed E-state index contributed by atoms with van der Waals surface area (Å²) in [6, 6.07) is 0. The van der Waals surface area contributed by atoms with E-state index in [4.69, 9.17) is 16.3 Å². The van der Waals surface area contributed by atoms with E-state index in [1.54, 1.807) is 6.33 Å². The monoisotopic (exact) mass is 215 g/mol. The van der Waals surface area contributed by atoms with Crippen LogP contribution in [0.5, 0.6) is 0 Å². The van der Waals surface area contributed by atoms with E-state index in [0.717, 1.165) is 32.0 Å². The Labute approximate surface area is 88.2 Å². The van der Waals surface area contributed by atoms with Crippen molar-refractivity contribution in [3.05, 3.63) is 12.2 Å². The molecule has 1 aliphatic heterocycles. The second-order valence-electron chi connectivity index (χ2n) is 3.62. The van der Waals surface area contributed by atoms with Gasteiger partial charge >= 0.3 is 0 Å². The van der Waals surface area contributed by atoms with Crippen LogP contribution in [0.2, 0.25) is 0 Å². The number of alkyl halides is 1. The topological polar surface area (TPSA) is 39.9 Å². The van der Waals surface area contributed by atoms with Gasteiger partial charge in [-0.25, -0.2) is 0 Å². The molecule has 0 radical (unpaired) electrons. The molecule has 14 heavy (non-hydrogen) atoms. The summed E-state index contributed by atoms with van der Waals surface area (Å²) in [7, 11) is 0. The van der Waals surface area contributed by atoms with Crippen molar-refractivity contribution in [2.45, 2.75) is 25.3 Å². The number of aromatic nitrogens is 3. The molecule has 1 aromatic rings. The lowest BCUT2D eigenvalue weighted by atomic mass is 10.0. The molecule has 0 N–H and O–H groups in total. The second-order valence-corrected chi connectivity index (χ2v) is 3.88. The molecule has 0 bridgehead atoms. The van der Waals surface area contributed by atoms with Crippen LogP contribution < -0.4 is 0 Å². The highest BCUT2D eigenvalue weighted by Gasteiger charge is 2.15. The lowest BCUT2D eigenvalue weighted by molar-refractivity contribution is 0.0481. The van der Waals surface area contributed by atoms with Gasteiger partial charge in [0.1, 0.15) is 12.2 Å². The molecule has 1 aromatic heterocycles. The Morgan fingerprint density at radius 1 is 1.64 bits per heavy atom. The highest BCUT2D eigenvalue weighted by atomic mass is 35.5. The first kappa shape index (κ1) is 9.93. The van der Waals surface area contributed by atoms with Crippen LogP contribution in [-0.4, -0.2) is 28.0 Å². The third-order valence-electron chi connectivity index (χ3n) is 2.52. The molecule has 0 spiro atoms. The maximum absolute atomic E-state index is 5.74. The maximum Gasteiger partial charge on any atom is 0.147 e. The summed E-state index contributed by atoms with van der Waals surface area (Å²) >= 11 is 5.74. The summed E-state index contributed by atoms with van der Waals surface area (Å²) in [5.74, 6) is 1.85. The molecule has 2 rings (SSSR count). The summed E-state index contributed by atoms with van der Waals surface area (Å²) in [6.45, 7) is 2.68. The molecule has 1 unspecified atom stereocenters. The number of hydrogen-bond donors (Lipinski definition) is 0. The van der Waals surface area contributed by atoms with Gasteiger partial charge in [-0.3, -0.25) is 0 Å². The Balaban J connectivity index is 1.95. The first-order chi connectivity index (χ1) is 6.90. The summed E-state index contributed by atoms with van der Waals surface area (Å²) in [5.41, 5.74) is 0. The van der Waals surface area contributed by atoms with Crippen molar-refractivity contribution in [2.24, 2.45) is 5.92 Å². The van der Waals surface area contributed by atoms with Crippen LogP contribution in [0.25, 0.3) is 0 Å². The van der Waals surface area contributed by atoms with Gasteiger partial charge in [-0.15, -0.1) is 21.8 Å². The average Bonchev–Trinajstić information content (AvgIpc) is 2.67. The standard InChI is InChI=1S/C9H14ClN3O/c10-4-9-12-11-7-13(9)5-8-2-1-3-14-6-8/h7-8H,1-6H2. The fourth-order valence-electron chi connectivity index (χ4n) is 1.76. The molecule has 0 aliphatic carbocycles. The van der Waals surface area contributed by atoms with Crippen molar-refractivity contribution in [3.8, 4) is 0 Å². The molecule has 78 valence electrons. The highest BCUT2D eigenvalue weighted by Crippen LogP contribution is 2.16. The Bertz CT molecular complexity index is 283. The number of rotatable bonds is 3. The zero-order valence-electron chi connectivity index (χ0n) is 8.03. The molecule has 0 amide bonds. The summed E-state index contributed by atoms with van der Waals surface area (Å²) in [4.78, 5) is 0. The van der Waals surface area contributed by atoms with Gasteiger partial charge in [0, 0.05) is 19.1 Å². The number of hydrogen-bond acceptors (Lipinski definition) is 3. The minimum atomic E-state index is 0.424. The zero-order chi connectivity index (χ0) is 9.80. The van der Waals surface area contributed by atoms with Crippen molar-refractivity contribution < 1.29 is 4.74 Å². The van der Waals surface area contributed by atoms with Crippen molar-refractivity contribution in [3.63, 3.8) is 0 Å². The van der Waals surface area contributed by atoms with Gasteiger partial charge in [0.05, 0.1) is 12.5 Å². The highest BCUT2D eigenvalue weighted by molar-refractivity contribution is 6.16. The van der Waals surface area contributed by atoms with E-state index >= 15 is 0 Å². The van der Waals surface area contributed by atoms with Crippen LogP contribution in [0.4, 0.5) is 0 Å². The lowest BCUT2D eigenvalue weighted by Gasteiger charge is -2.22. The summed E-state index contributed by atoms with van der Waals surface area (Å²) < 4.78 is 7.44. The first-order valence-corrected chi connectivity index (χ1v) is 5.44. The minimum absolute atomic E-state index is 0.424. The zero-order valence-corrected chi connectivity index (χ0v) is 8.78. The Hall–Kier alpha value is -0.610. The van der Waals surface area contributed by atoms with Gasteiger partial charge in [0.2, 0.25) is 0 Å². The lowest BCUT2D eigenvalue weighted by Crippen LogP contribution is -2.22. The van der Waals surface area contributed by atoms with Crippen molar-refractivity contribution in [1.82, 2.24) is 14.8 Å². The van der Waals surface area contributed by atoms with Crippen molar-refractivity contribution in [2.75, 3.05) is 13.2 Å². The van der Waals surface area contributed by atoms with Crippen LogP contribution in [0.15, 0.2) is 6.33 Å². The van der Waals surface area contributed by atoms with Gasteiger partial charge in [-0.05, 0) is 12.8 Å². The van der Waals surface area contributed by atoms with E-state index in [1.165, 1.54) is 6.42 Å². The molecule has 1 atom stereocenters. The van der Waals surface area contributed by atoms with Crippen LogP contribution in [0, 0.1) is 5.92 Å².